The van der Waals surface area contributed by atoms with Gasteiger partial charge in [-0.2, -0.15) is 5.26 Å². The molecule has 0 fully saturated rings. The minimum absolute atomic E-state index is 0.0131. The molecule has 0 radical (unpaired) electrons. The molecule has 1 aliphatic heterocycles. The van der Waals surface area contributed by atoms with Gasteiger partial charge in [-0.1, -0.05) is 0 Å². The third-order valence-electron chi connectivity index (χ3n) is 4.21. The topological polar surface area (TPSA) is 106 Å². The lowest BCUT2D eigenvalue weighted by Crippen LogP contribution is -2.27. The number of methoxy groups -OCH3 is 1. The van der Waals surface area contributed by atoms with E-state index in [9.17, 15) is 15.2 Å². The zero-order valence-electron chi connectivity index (χ0n) is 12.9. The molecule has 0 amide bonds. The van der Waals surface area contributed by atoms with Crippen LogP contribution in [-0.4, -0.2) is 18.0 Å². The number of ether oxygens (including phenoxy) is 2. The van der Waals surface area contributed by atoms with Crippen LogP contribution in [0.25, 0.3) is 0 Å². The molecule has 24 heavy (non-hydrogen) atoms. The van der Waals surface area contributed by atoms with E-state index in [2.05, 4.69) is 22.0 Å². The normalized spacial score (nSPS) is 20.4. The van der Waals surface area contributed by atoms with Crippen LogP contribution < -0.4 is 10.5 Å². The van der Waals surface area contributed by atoms with Crippen molar-refractivity contribution >= 4 is 21.7 Å². The number of hydrogen-bond acceptors (Lipinski definition) is 6. The number of benzene rings is 1. The summed E-state index contributed by atoms with van der Waals surface area (Å²) in [5.41, 5.74) is 7.18. The largest absolute Gasteiger partial charge is 0.503 e. The van der Waals surface area contributed by atoms with Crippen LogP contribution in [0.15, 0.2) is 39.4 Å². The van der Waals surface area contributed by atoms with Crippen molar-refractivity contribution in [1.29, 1.82) is 5.26 Å². The Morgan fingerprint density at radius 1 is 1.46 bits per heavy atom. The number of nitrogens with two attached hydrogens (primary N) is 1. The lowest BCUT2D eigenvalue weighted by Gasteiger charge is -2.31. The number of phenolic OH excluding ortho intramolecular Hbond substituents is 1. The Morgan fingerprint density at radius 3 is 2.88 bits per heavy atom. The minimum atomic E-state index is -0.627. The summed E-state index contributed by atoms with van der Waals surface area (Å²) in [7, 11) is 1.43. The number of Topliss-reactive ketones (excluding diaryl/α,β-unsaturated/α-hetero) is 1. The Balaban J connectivity index is 2.23. The Labute approximate surface area is 147 Å². The number of halogens is 1. The highest BCUT2D eigenvalue weighted by Crippen LogP contribution is 2.46. The van der Waals surface area contributed by atoms with Crippen LogP contribution in [0.1, 0.15) is 30.7 Å². The number of carbonyl (C=O) groups excluding carboxylic acids is 1. The second-order valence-corrected chi connectivity index (χ2v) is 6.45. The maximum absolute atomic E-state index is 12.5. The maximum atomic E-state index is 12.5. The van der Waals surface area contributed by atoms with Gasteiger partial charge in [-0.15, -0.1) is 0 Å². The fourth-order valence-corrected chi connectivity index (χ4v) is 3.57. The van der Waals surface area contributed by atoms with Crippen molar-refractivity contribution in [3.8, 4) is 17.6 Å². The van der Waals surface area contributed by atoms with Crippen LogP contribution in [0.2, 0.25) is 0 Å². The van der Waals surface area contributed by atoms with E-state index < -0.39 is 5.92 Å². The van der Waals surface area contributed by atoms with Gasteiger partial charge in [-0.3, -0.25) is 4.79 Å². The fraction of sp³-hybridized carbons (Fsp3) is 0.294. The highest BCUT2D eigenvalue weighted by atomic mass is 79.9. The molecule has 0 bridgehead atoms. The molecule has 0 aromatic heterocycles. The number of nitriles is 1. The first-order valence-corrected chi connectivity index (χ1v) is 8.17. The van der Waals surface area contributed by atoms with Gasteiger partial charge < -0.3 is 20.3 Å². The second kappa shape index (κ2) is 6.21. The summed E-state index contributed by atoms with van der Waals surface area (Å²) < 4.78 is 11.1. The molecule has 2 aliphatic rings. The summed E-state index contributed by atoms with van der Waals surface area (Å²) in [6.45, 7) is 0. The molecule has 0 spiro atoms. The molecule has 1 atom stereocenters. The lowest BCUT2D eigenvalue weighted by atomic mass is 9.77. The summed E-state index contributed by atoms with van der Waals surface area (Å²) in [5, 5.41) is 19.5. The van der Waals surface area contributed by atoms with Crippen molar-refractivity contribution in [3.63, 3.8) is 0 Å². The standard InChI is InChI=1S/C17H15BrN2O4/c1-23-13-6-8(5-10(18)16(13)22)14-9(7-19)17(20)24-12-4-2-3-11(21)15(12)14/h5-6,14,22H,2-4,20H2,1H3. The van der Waals surface area contributed by atoms with E-state index >= 15 is 0 Å². The van der Waals surface area contributed by atoms with E-state index in [1.165, 1.54) is 7.11 Å². The zero-order valence-corrected chi connectivity index (χ0v) is 14.5. The Bertz CT molecular complexity index is 836. The van der Waals surface area contributed by atoms with Gasteiger partial charge in [0.1, 0.15) is 17.4 Å². The minimum Gasteiger partial charge on any atom is -0.503 e. The third kappa shape index (κ3) is 2.53. The zero-order chi connectivity index (χ0) is 17.4. The summed E-state index contributed by atoms with van der Waals surface area (Å²) in [5.74, 6) is 0.0529. The van der Waals surface area contributed by atoms with E-state index in [0.717, 1.165) is 0 Å². The number of aromatic hydroxyl groups is 1. The number of carbonyl (C=O) groups is 1. The van der Waals surface area contributed by atoms with Gasteiger partial charge in [0.05, 0.1) is 17.5 Å². The highest BCUT2D eigenvalue weighted by molar-refractivity contribution is 9.10. The third-order valence-corrected chi connectivity index (χ3v) is 4.81. The fourth-order valence-electron chi connectivity index (χ4n) is 3.11. The van der Waals surface area contributed by atoms with Crippen LogP contribution in [0, 0.1) is 11.3 Å². The molecule has 6 nitrogen and oxygen atoms in total. The molecule has 0 saturated heterocycles. The quantitative estimate of drug-likeness (QED) is 0.803. The SMILES string of the molecule is COc1cc(C2C(C#N)=C(N)OC3=C2C(=O)CCC3)cc(Br)c1O. The Hall–Kier alpha value is -2.46. The number of hydrogen-bond donors (Lipinski definition) is 2. The van der Waals surface area contributed by atoms with Crippen molar-refractivity contribution in [2.75, 3.05) is 7.11 Å². The maximum Gasteiger partial charge on any atom is 0.205 e. The molecular formula is C17H15BrN2O4. The van der Waals surface area contributed by atoms with Gasteiger partial charge in [-0.25, -0.2) is 0 Å². The smallest absolute Gasteiger partial charge is 0.205 e. The predicted molar refractivity (Wildman–Crippen MR) is 88.9 cm³/mol. The number of nitrogens with zero attached hydrogens (tertiary/aromatic N) is 1. The number of phenols is 1. The molecule has 1 aromatic carbocycles. The van der Waals surface area contributed by atoms with Crippen molar-refractivity contribution < 1.29 is 19.4 Å². The van der Waals surface area contributed by atoms with Gasteiger partial charge in [0, 0.05) is 18.4 Å². The van der Waals surface area contributed by atoms with Crippen molar-refractivity contribution in [2.45, 2.75) is 25.2 Å². The van der Waals surface area contributed by atoms with Crippen LogP contribution in [0.5, 0.6) is 11.5 Å². The molecule has 3 N–H and O–H groups in total. The van der Waals surface area contributed by atoms with Crippen molar-refractivity contribution in [2.24, 2.45) is 5.73 Å². The van der Waals surface area contributed by atoms with Crippen molar-refractivity contribution in [1.82, 2.24) is 0 Å². The lowest BCUT2D eigenvalue weighted by molar-refractivity contribution is -0.116. The van der Waals surface area contributed by atoms with Crippen LogP contribution in [-0.2, 0) is 9.53 Å². The summed E-state index contributed by atoms with van der Waals surface area (Å²) >= 11 is 3.27. The molecule has 0 saturated carbocycles. The molecule has 3 rings (SSSR count). The average molecular weight is 391 g/mol. The van der Waals surface area contributed by atoms with E-state index in [4.69, 9.17) is 15.2 Å². The van der Waals surface area contributed by atoms with E-state index in [0.29, 0.717) is 40.6 Å². The molecular weight excluding hydrogens is 376 g/mol. The second-order valence-electron chi connectivity index (χ2n) is 5.59. The number of ketones is 1. The van der Waals surface area contributed by atoms with Gasteiger partial charge >= 0.3 is 0 Å². The first kappa shape index (κ1) is 16.4. The molecule has 124 valence electrons. The van der Waals surface area contributed by atoms with E-state index in [-0.39, 0.29) is 28.7 Å². The highest BCUT2D eigenvalue weighted by Gasteiger charge is 2.38. The molecule has 1 heterocycles. The van der Waals surface area contributed by atoms with Gasteiger partial charge in [0.2, 0.25) is 5.88 Å². The van der Waals surface area contributed by atoms with Gasteiger partial charge in [0.25, 0.3) is 0 Å². The number of rotatable bonds is 2. The van der Waals surface area contributed by atoms with Crippen LogP contribution in [0.3, 0.4) is 0 Å². The molecule has 7 heteroatoms. The van der Waals surface area contributed by atoms with E-state index in [1.54, 1.807) is 12.1 Å². The average Bonchev–Trinajstić information content (AvgIpc) is 2.56. The predicted octanol–water partition coefficient (Wildman–Crippen LogP) is 2.98. The van der Waals surface area contributed by atoms with Crippen molar-refractivity contribution in [3.05, 3.63) is 45.0 Å². The molecule has 1 aromatic rings. The monoisotopic (exact) mass is 390 g/mol. The van der Waals surface area contributed by atoms with Gasteiger partial charge in [-0.05, 0) is 40.0 Å². The van der Waals surface area contributed by atoms with Gasteiger partial charge in [0.15, 0.2) is 17.3 Å². The Kier molecular flexibility index (Phi) is 4.24. The summed E-state index contributed by atoms with van der Waals surface area (Å²) in [4.78, 5) is 12.5. The summed E-state index contributed by atoms with van der Waals surface area (Å²) in [6.07, 6.45) is 1.71. The number of allylic oxidation sites excluding steroid dienone is 3. The molecule has 1 aliphatic carbocycles. The Morgan fingerprint density at radius 2 is 2.21 bits per heavy atom. The first-order valence-electron chi connectivity index (χ1n) is 7.38. The summed E-state index contributed by atoms with van der Waals surface area (Å²) in [6, 6.07) is 5.31. The molecule has 1 unspecified atom stereocenters. The van der Waals surface area contributed by atoms with Crippen LogP contribution >= 0.6 is 15.9 Å². The first-order chi connectivity index (χ1) is 11.5. The van der Waals surface area contributed by atoms with Crippen LogP contribution in [0.4, 0.5) is 0 Å². The van der Waals surface area contributed by atoms with E-state index in [1.807, 2.05) is 0 Å².